The SMILES string of the molecule is CCCNS(=O)(=O)c1ccccc1NCc1cc(C)on1. The standard InChI is InChI=1S/C14H19N3O3S/c1-3-8-16-21(18,19)14-7-5-4-6-13(14)15-10-12-9-11(2)20-17-12/h4-7,9,15-16H,3,8,10H2,1-2H3. The van der Waals surface area contributed by atoms with Crippen molar-refractivity contribution >= 4 is 15.7 Å². The molecule has 0 unspecified atom stereocenters. The van der Waals surface area contributed by atoms with Gasteiger partial charge in [-0.05, 0) is 25.5 Å². The van der Waals surface area contributed by atoms with Crippen molar-refractivity contribution in [2.24, 2.45) is 0 Å². The molecule has 2 aromatic rings. The molecule has 114 valence electrons. The summed E-state index contributed by atoms with van der Waals surface area (Å²) in [5.74, 6) is 0.720. The van der Waals surface area contributed by atoms with E-state index in [1.54, 1.807) is 30.3 Å². The van der Waals surface area contributed by atoms with E-state index in [2.05, 4.69) is 15.2 Å². The lowest BCUT2D eigenvalue weighted by Crippen LogP contribution is -2.25. The lowest BCUT2D eigenvalue weighted by Gasteiger charge is -2.12. The van der Waals surface area contributed by atoms with Gasteiger partial charge in [0, 0.05) is 12.6 Å². The number of nitrogens with zero attached hydrogens (tertiary/aromatic N) is 1. The predicted molar refractivity (Wildman–Crippen MR) is 80.5 cm³/mol. The van der Waals surface area contributed by atoms with Gasteiger partial charge in [-0.3, -0.25) is 0 Å². The molecule has 6 nitrogen and oxygen atoms in total. The van der Waals surface area contributed by atoms with Crippen LogP contribution in [0.15, 0.2) is 39.8 Å². The molecule has 0 atom stereocenters. The Bertz CT molecular complexity index is 695. The number of aromatic nitrogens is 1. The number of hydrogen-bond acceptors (Lipinski definition) is 5. The van der Waals surface area contributed by atoms with Crippen LogP contribution in [0.5, 0.6) is 0 Å². The Morgan fingerprint density at radius 1 is 1.29 bits per heavy atom. The van der Waals surface area contributed by atoms with Gasteiger partial charge in [0.15, 0.2) is 0 Å². The zero-order chi connectivity index (χ0) is 15.3. The number of anilines is 1. The Morgan fingerprint density at radius 3 is 2.71 bits per heavy atom. The van der Waals surface area contributed by atoms with Crippen LogP contribution >= 0.6 is 0 Å². The third-order valence-corrected chi connectivity index (χ3v) is 4.37. The minimum absolute atomic E-state index is 0.235. The van der Waals surface area contributed by atoms with Crippen LogP contribution in [0.1, 0.15) is 24.8 Å². The minimum atomic E-state index is -3.51. The Kier molecular flexibility index (Phi) is 4.98. The van der Waals surface area contributed by atoms with Crippen LogP contribution in [0, 0.1) is 6.92 Å². The molecule has 1 aromatic heterocycles. The van der Waals surface area contributed by atoms with Crippen LogP contribution in [-0.2, 0) is 16.6 Å². The average Bonchev–Trinajstić information content (AvgIpc) is 2.89. The van der Waals surface area contributed by atoms with Gasteiger partial charge < -0.3 is 9.84 Å². The monoisotopic (exact) mass is 309 g/mol. The number of sulfonamides is 1. The van der Waals surface area contributed by atoms with E-state index in [0.29, 0.717) is 18.8 Å². The largest absolute Gasteiger partial charge is 0.378 e. The second kappa shape index (κ2) is 6.73. The summed E-state index contributed by atoms with van der Waals surface area (Å²) >= 11 is 0. The Balaban J connectivity index is 2.16. The Morgan fingerprint density at radius 2 is 2.05 bits per heavy atom. The molecule has 0 amide bonds. The zero-order valence-corrected chi connectivity index (χ0v) is 12.9. The van der Waals surface area contributed by atoms with Gasteiger partial charge in [-0.1, -0.05) is 24.2 Å². The molecule has 0 bridgehead atoms. The molecule has 0 radical (unpaired) electrons. The first-order valence-corrected chi connectivity index (χ1v) is 8.26. The third kappa shape index (κ3) is 4.05. The summed E-state index contributed by atoms with van der Waals surface area (Å²) in [7, 11) is -3.51. The number of benzene rings is 1. The Labute approximate surface area is 124 Å². The Hall–Kier alpha value is -1.86. The summed E-state index contributed by atoms with van der Waals surface area (Å²) in [6.45, 7) is 4.54. The van der Waals surface area contributed by atoms with Crippen LogP contribution < -0.4 is 10.0 Å². The third-order valence-electron chi connectivity index (χ3n) is 2.86. The molecule has 2 N–H and O–H groups in total. The van der Waals surface area contributed by atoms with E-state index in [9.17, 15) is 8.42 Å². The first-order valence-electron chi connectivity index (χ1n) is 6.77. The maximum Gasteiger partial charge on any atom is 0.242 e. The molecule has 1 aromatic carbocycles. The van der Waals surface area contributed by atoms with E-state index < -0.39 is 10.0 Å². The molecular weight excluding hydrogens is 290 g/mol. The van der Waals surface area contributed by atoms with E-state index in [0.717, 1.165) is 17.9 Å². The van der Waals surface area contributed by atoms with Crippen molar-refractivity contribution in [3.63, 3.8) is 0 Å². The van der Waals surface area contributed by atoms with E-state index in [1.807, 2.05) is 13.8 Å². The number of rotatable bonds is 7. The minimum Gasteiger partial charge on any atom is -0.378 e. The highest BCUT2D eigenvalue weighted by molar-refractivity contribution is 7.89. The fourth-order valence-corrected chi connectivity index (χ4v) is 3.16. The van der Waals surface area contributed by atoms with Gasteiger partial charge in [-0.2, -0.15) is 0 Å². The number of para-hydroxylation sites is 1. The van der Waals surface area contributed by atoms with Crippen molar-refractivity contribution in [1.29, 1.82) is 0 Å². The summed E-state index contributed by atoms with van der Waals surface area (Å²) in [4.78, 5) is 0.235. The van der Waals surface area contributed by atoms with Crippen LogP contribution in [-0.4, -0.2) is 20.1 Å². The van der Waals surface area contributed by atoms with Gasteiger partial charge in [0.25, 0.3) is 0 Å². The second-order valence-corrected chi connectivity index (χ2v) is 6.41. The highest BCUT2D eigenvalue weighted by Crippen LogP contribution is 2.21. The highest BCUT2D eigenvalue weighted by Gasteiger charge is 2.17. The van der Waals surface area contributed by atoms with E-state index in [-0.39, 0.29) is 4.90 Å². The lowest BCUT2D eigenvalue weighted by molar-refractivity contribution is 0.391. The molecule has 0 aliphatic heterocycles. The lowest BCUT2D eigenvalue weighted by atomic mass is 10.3. The van der Waals surface area contributed by atoms with Crippen LogP contribution in [0.3, 0.4) is 0 Å². The molecule has 0 saturated heterocycles. The summed E-state index contributed by atoms with van der Waals surface area (Å²) in [6.07, 6.45) is 0.743. The van der Waals surface area contributed by atoms with Crippen molar-refractivity contribution in [3.8, 4) is 0 Å². The fraction of sp³-hybridized carbons (Fsp3) is 0.357. The first kappa shape index (κ1) is 15.5. The normalized spacial score (nSPS) is 11.5. The quantitative estimate of drug-likeness (QED) is 0.819. The van der Waals surface area contributed by atoms with Crippen LogP contribution in [0.4, 0.5) is 5.69 Å². The van der Waals surface area contributed by atoms with E-state index in [4.69, 9.17) is 4.52 Å². The van der Waals surface area contributed by atoms with Crippen LogP contribution in [0.2, 0.25) is 0 Å². The van der Waals surface area contributed by atoms with Crippen molar-refractivity contribution in [2.45, 2.75) is 31.7 Å². The first-order chi connectivity index (χ1) is 10.0. The molecular formula is C14H19N3O3S. The van der Waals surface area contributed by atoms with Gasteiger partial charge in [0.2, 0.25) is 10.0 Å². The summed E-state index contributed by atoms with van der Waals surface area (Å²) in [5.41, 5.74) is 1.27. The van der Waals surface area contributed by atoms with Gasteiger partial charge in [0.1, 0.15) is 16.3 Å². The maximum atomic E-state index is 12.2. The number of aryl methyl sites for hydroxylation is 1. The van der Waals surface area contributed by atoms with Crippen molar-refractivity contribution in [2.75, 3.05) is 11.9 Å². The average molecular weight is 309 g/mol. The molecule has 0 spiro atoms. The smallest absolute Gasteiger partial charge is 0.242 e. The fourth-order valence-electron chi connectivity index (χ4n) is 1.85. The molecule has 0 saturated carbocycles. The van der Waals surface area contributed by atoms with Gasteiger partial charge >= 0.3 is 0 Å². The molecule has 21 heavy (non-hydrogen) atoms. The molecule has 1 heterocycles. The van der Waals surface area contributed by atoms with E-state index >= 15 is 0 Å². The van der Waals surface area contributed by atoms with E-state index in [1.165, 1.54) is 0 Å². The van der Waals surface area contributed by atoms with Gasteiger partial charge in [0.05, 0.1) is 12.2 Å². The van der Waals surface area contributed by atoms with Crippen molar-refractivity contribution in [3.05, 3.63) is 41.8 Å². The molecule has 7 heteroatoms. The number of hydrogen-bond donors (Lipinski definition) is 2. The predicted octanol–water partition coefficient (Wildman–Crippen LogP) is 2.28. The highest BCUT2D eigenvalue weighted by atomic mass is 32.2. The molecule has 0 aliphatic carbocycles. The summed E-state index contributed by atoms with van der Waals surface area (Å²) in [6, 6.07) is 8.60. The van der Waals surface area contributed by atoms with Crippen molar-refractivity contribution in [1.82, 2.24) is 9.88 Å². The summed E-state index contributed by atoms with van der Waals surface area (Å²) in [5, 5.41) is 6.95. The second-order valence-electron chi connectivity index (χ2n) is 4.68. The number of nitrogens with one attached hydrogen (secondary N) is 2. The molecule has 2 rings (SSSR count). The van der Waals surface area contributed by atoms with Gasteiger partial charge in [-0.25, -0.2) is 13.1 Å². The topological polar surface area (TPSA) is 84.2 Å². The summed E-state index contributed by atoms with van der Waals surface area (Å²) < 4.78 is 32.0. The zero-order valence-electron chi connectivity index (χ0n) is 12.1. The molecule has 0 aliphatic rings. The van der Waals surface area contributed by atoms with Gasteiger partial charge in [-0.15, -0.1) is 0 Å². The molecule has 0 fully saturated rings. The van der Waals surface area contributed by atoms with Crippen LogP contribution in [0.25, 0.3) is 0 Å². The maximum absolute atomic E-state index is 12.2. The van der Waals surface area contributed by atoms with Crippen molar-refractivity contribution < 1.29 is 12.9 Å².